The van der Waals surface area contributed by atoms with Crippen molar-refractivity contribution in [3.63, 3.8) is 0 Å². The fourth-order valence-corrected chi connectivity index (χ4v) is 3.99. The van der Waals surface area contributed by atoms with Gasteiger partial charge in [-0.25, -0.2) is 4.98 Å². The minimum Gasteiger partial charge on any atom is -0.372 e. The molecule has 2 heterocycles. The molecule has 0 spiro atoms. The molecule has 1 aliphatic carbocycles. The zero-order valence-electron chi connectivity index (χ0n) is 12.7. The Morgan fingerprint density at radius 2 is 2.00 bits per heavy atom. The van der Waals surface area contributed by atoms with Crippen LogP contribution < -0.4 is 10.2 Å². The largest absolute Gasteiger partial charge is 0.372 e. The van der Waals surface area contributed by atoms with Gasteiger partial charge in [-0.05, 0) is 33.2 Å². The van der Waals surface area contributed by atoms with Gasteiger partial charge in [0.25, 0.3) is 0 Å². The van der Waals surface area contributed by atoms with Crippen molar-refractivity contribution in [3.05, 3.63) is 10.6 Å². The molecule has 2 unspecified atom stereocenters. The summed E-state index contributed by atoms with van der Waals surface area (Å²) in [6, 6.07) is 0. The maximum absolute atomic E-state index is 5.82. The van der Waals surface area contributed by atoms with Gasteiger partial charge in [0.2, 0.25) is 0 Å². The average molecular weight is 295 g/mol. The molecule has 1 saturated carbocycles. The Hall–Kier alpha value is -0.650. The van der Waals surface area contributed by atoms with Crippen molar-refractivity contribution in [2.24, 2.45) is 0 Å². The Balaban J connectivity index is 1.78. The number of nitrogens with zero attached hydrogens (tertiary/aromatic N) is 2. The van der Waals surface area contributed by atoms with Crippen molar-refractivity contribution in [3.8, 4) is 0 Å². The number of hydrogen-bond donors (Lipinski definition) is 1. The molecule has 5 heteroatoms. The van der Waals surface area contributed by atoms with E-state index in [1.807, 2.05) is 11.3 Å². The Labute approximate surface area is 125 Å². The number of ether oxygens (including phenoxy) is 1. The summed E-state index contributed by atoms with van der Waals surface area (Å²) in [7, 11) is 0. The van der Waals surface area contributed by atoms with Crippen molar-refractivity contribution in [2.45, 2.75) is 58.3 Å². The van der Waals surface area contributed by atoms with E-state index in [-0.39, 0.29) is 0 Å². The lowest BCUT2D eigenvalue weighted by atomic mass is 10.2. The van der Waals surface area contributed by atoms with E-state index in [1.165, 1.54) is 28.5 Å². The molecule has 2 atom stereocenters. The molecule has 4 nitrogen and oxygen atoms in total. The van der Waals surface area contributed by atoms with Gasteiger partial charge in [0, 0.05) is 30.4 Å². The van der Waals surface area contributed by atoms with E-state index in [2.05, 4.69) is 31.0 Å². The summed E-state index contributed by atoms with van der Waals surface area (Å²) in [5, 5.41) is 4.64. The minimum atomic E-state index is 0.296. The molecule has 0 amide bonds. The van der Waals surface area contributed by atoms with E-state index < -0.39 is 0 Å². The van der Waals surface area contributed by atoms with E-state index >= 15 is 0 Å². The van der Waals surface area contributed by atoms with Crippen LogP contribution in [0.25, 0.3) is 0 Å². The van der Waals surface area contributed by atoms with Crippen LogP contribution in [0, 0.1) is 0 Å². The number of anilines is 1. The fourth-order valence-electron chi connectivity index (χ4n) is 2.86. The smallest absolute Gasteiger partial charge is 0.186 e. The first-order valence-electron chi connectivity index (χ1n) is 7.78. The van der Waals surface area contributed by atoms with Gasteiger partial charge < -0.3 is 15.0 Å². The summed E-state index contributed by atoms with van der Waals surface area (Å²) >= 11 is 1.88. The lowest BCUT2D eigenvalue weighted by molar-refractivity contribution is -0.00523. The zero-order valence-corrected chi connectivity index (χ0v) is 13.5. The van der Waals surface area contributed by atoms with Crippen LogP contribution in [0.1, 0.15) is 50.1 Å². The van der Waals surface area contributed by atoms with Crippen molar-refractivity contribution in [2.75, 3.05) is 24.5 Å². The molecule has 3 rings (SSSR count). The molecule has 0 radical (unpaired) electrons. The minimum absolute atomic E-state index is 0.296. The van der Waals surface area contributed by atoms with Crippen LogP contribution >= 0.6 is 11.3 Å². The lowest BCUT2D eigenvalue weighted by Crippen LogP contribution is -2.45. The molecule has 0 aromatic carbocycles. The average Bonchev–Trinajstić information content (AvgIpc) is 3.15. The molecule has 20 heavy (non-hydrogen) atoms. The Morgan fingerprint density at radius 1 is 1.30 bits per heavy atom. The fraction of sp³-hybridized carbons (Fsp3) is 0.800. The highest BCUT2D eigenvalue weighted by molar-refractivity contribution is 7.15. The van der Waals surface area contributed by atoms with E-state index in [1.54, 1.807) is 0 Å². The van der Waals surface area contributed by atoms with Crippen molar-refractivity contribution >= 4 is 16.5 Å². The van der Waals surface area contributed by atoms with Crippen LogP contribution in [-0.2, 0) is 11.3 Å². The molecule has 1 aromatic heterocycles. The summed E-state index contributed by atoms with van der Waals surface area (Å²) in [5.41, 5.74) is 1.36. The maximum atomic E-state index is 5.82. The Morgan fingerprint density at radius 3 is 2.60 bits per heavy atom. The van der Waals surface area contributed by atoms with Gasteiger partial charge in [-0.1, -0.05) is 6.92 Å². The van der Waals surface area contributed by atoms with Gasteiger partial charge in [0.05, 0.1) is 17.9 Å². The number of thiazole rings is 1. The first-order chi connectivity index (χ1) is 9.67. The second-order valence-electron chi connectivity index (χ2n) is 6.02. The number of aromatic nitrogens is 1. The first-order valence-corrected chi connectivity index (χ1v) is 8.59. The monoisotopic (exact) mass is 295 g/mol. The second-order valence-corrected chi connectivity index (χ2v) is 7.08. The van der Waals surface area contributed by atoms with E-state index in [0.717, 1.165) is 32.1 Å². The van der Waals surface area contributed by atoms with Crippen LogP contribution in [0.15, 0.2) is 0 Å². The number of rotatable bonds is 5. The first kappa shape index (κ1) is 14.3. The van der Waals surface area contributed by atoms with Crippen LogP contribution in [0.3, 0.4) is 0 Å². The van der Waals surface area contributed by atoms with Crippen LogP contribution in [0.2, 0.25) is 0 Å². The number of morpholine rings is 1. The predicted molar refractivity (Wildman–Crippen MR) is 83.7 cm³/mol. The molecule has 1 aliphatic heterocycles. The summed E-state index contributed by atoms with van der Waals surface area (Å²) in [6.07, 6.45) is 3.23. The topological polar surface area (TPSA) is 37.4 Å². The van der Waals surface area contributed by atoms with Gasteiger partial charge in [-0.2, -0.15) is 0 Å². The zero-order chi connectivity index (χ0) is 14.1. The molecule has 112 valence electrons. The normalized spacial score (nSPS) is 27.1. The van der Waals surface area contributed by atoms with Gasteiger partial charge in [-0.3, -0.25) is 0 Å². The predicted octanol–water partition coefficient (Wildman–Crippen LogP) is 2.74. The third kappa shape index (κ3) is 3.15. The highest BCUT2D eigenvalue weighted by Crippen LogP contribution is 2.44. The van der Waals surface area contributed by atoms with Gasteiger partial charge in [0.1, 0.15) is 0 Å². The third-order valence-corrected chi connectivity index (χ3v) is 5.04. The molecule has 2 aliphatic rings. The van der Waals surface area contributed by atoms with Crippen LogP contribution in [0.5, 0.6) is 0 Å². The van der Waals surface area contributed by atoms with E-state index in [9.17, 15) is 0 Å². The van der Waals surface area contributed by atoms with E-state index in [4.69, 9.17) is 9.72 Å². The number of hydrogen-bond acceptors (Lipinski definition) is 5. The molecule has 0 bridgehead atoms. The number of nitrogens with one attached hydrogen (secondary N) is 1. The van der Waals surface area contributed by atoms with Crippen LogP contribution in [-0.4, -0.2) is 36.8 Å². The van der Waals surface area contributed by atoms with Crippen LogP contribution in [0.4, 0.5) is 5.13 Å². The Kier molecular flexibility index (Phi) is 4.29. The quantitative estimate of drug-likeness (QED) is 0.906. The Bertz CT molecular complexity index is 448. The highest BCUT2D eigenvalue weighted by Gasteiger charge is 2.31. The molecule has 1 aromatic rings. The van der Waals surface area contributed by atoms with Gasteiger partial charge in [-0.15, -0.1) is 11.3 Å². The molecule has 1 N–H and O–H groups in total. The van der Waals surface area contributed by atoms with Crippen molar-refractivity contribution < 1.29 is 4.74 Å². The van der Waals surface area contributed by atoms with E-state index in [0.29, 0.717) is 12.2 Å². The molecule has 2 fully saturated rings. The summed E-state index contributed by atoms with van der Waals surface area (Å²) in [4.78, 5) is 8.82. The standard InChI is InChI=1S/C15H25N3OS/c1-4-16-7-13-14(12-5-6-12)17-15(20-13)18-8-10(2)19-11(3)9-18/h10-12,16H,4-9H2,1-3H3. The summed E-state index contributed by atoms with van der Waals surface area (Å²) in [5.74, 6) is 0.726. The second kappa shape index (κ2) is 6.00. The summed E-state index contributed by atoms with van der Waals surface area (Å²) < 4.78 is 5.82. The van der Waals surface area contributed by atoms with Gasteiger partial charge >= 0.3 is 0 Å². The molecule has 1 saturated heterocycles. The lowest BCUT2D eigenvalue weighted by Gasteiger charge is -2.35. The highest BCUT2D eigenvalue weighted by atomic mass is 32.1. The maximum Gasteiger partial charge on any atom is 0.186 e. The van der Waals surface area contributed by atoms with Crippen molar-refractivity contribution in [1.82, 2.24) is 10.3 Å². The molecular formula is C15H25N3OS. The third-order valence-electron chi connectivity index (χ3n) is 3.91. The van der Waals surface area contributed by atoms with Crippen molar-refractivity contribution in [1.29, 1.82) is 0 Å². The van der Waals surface area contributed by atoms with Gasteiger partial charge in [0.15, 0.2) is 5.13 Å². The SMILES string of the molecule is CCNCc1sc(N2CC(C)OC(C)C2)nc1C1CC1. The summed E-state index contributed by atoms with van der Waals surface area (Å²) in [6.45, 7) is 10.4. The molecular weight excluding hydrogens is 270 g/mol.